The Kier molecular flexibility index (Phi) is 5.08. The van der Waals surface area contributed by atoms with Gasteiger partial charge in [0.15, 0.2) is 11.5 Å². The molecule has 1 aliphatic rings. The van der Waals surface area contributed by atoms with Crippen molar-refractivity contribution in [1.82, 2.24) is 5.32 Å². The second-order valence-corrected chi connectivity index (χ2v) is 5.51. The van der Waals surface area contributed by atoms with Crippen LogP contribution in [0, 0.1) is 0 Å². The second-order valence-electron chi connectivity index (χ2n) is 5.51. The molecule has 1 aromatic carbocycles. The molecule has 0 spiro atoms. The molecular formula is C16H25NO2. The van der Waals surface area contributed by atoms with Gasteiger partial charge >= 0.3 is 0 Å². The fourth-order valence-electron chi connectivity index (χ4n) is 2.48. The van der Waals surface area contributed by atoms with Gasteiger partial charge < -0.3 is 14.8 Å². The maximum absolute atomic E-state index is 6.20. The molecule has 0 unspecified atom stereocenters. The van der Waals surface area contributed by atoms with Crippen LogP contribution in [0.4, 0.5) is 0 Å². The fourth-order valence-corrected chi connectivity index (χ4v) is 2.48. The van der Waals surface area contributed by atoms with Crippen LogP contribution >= 0.6 is 0 Å². The highest BCUT2D eigenvalue weighted by Gasteiger charge is 2.20. The molecule has 0 radical (unpaired) electrons. The van der Waals surface area contributed by atoms with E-state index in [2.05, 4.69) is 25.2 Å². The van der Waals surface area contributed by atoms with Crippen molar-refractivity contribution in [2.75, 3.05) is 7.11 Å². The monoisotopic (exact) mass is 263 g/mol. The maximum atomic E-state index is 6.20. The number of para-hydroxylation sites is 1. The summed E-state index contributed by atoms with van der Waals surface area (Å²) in [6.07, 6.45) is 5.23. The summed E-state index contributed by atoms with van der Waals surface area (Å²) >= 11 is 0. The summed E-state index contributed by atoms with van der Waals surface area (Å²) in [7, 11) is 1.70. The van der Waals surface area contributed by atoms with E-state index in [4.69, 9.17) is 9.47 Å². The third-order valence-corrected chi connectivity index (χ3v) is 3.57. The molecule has 3 nitrogen and oxygen atoms in total. The van der Waals surface area contributed by atoms with Gasteiger partial charge in [-0.2, -0.15) is 0 Å². The first kappa shape index (κ1) is 14.2. The highest BCUT2D eigenvalue weighted by atomic mass is 16.5. The Balaban J connectivity index is 2.15. The van der Waals surface area contributed by atoms with E-state index in [1.807, 2.05) is 12.1 Å². The van der Waals surface area contributed by atoms with Gasteiger partial charge in [0, 0.05) is 18.2 Å². The fraction of sp³-hybridized carbons (Fsp3) is 0.625. The molecule has 0 heterocycles. The Morgan fingerprint density at radius 3 is 2.63 bits per heavy atom. The Bertz CT molecular complexity index is 398. The van der Waals surface area contributed by atoms with Crippen LogP contribution < -0.4 is 14.8 Å². The summed E-state index contributed by atoms with van der Waals surface area (Å²) in [5, 5.41) is 3.44. The number of benzene rings is 1. The SMILES string of the molecule is COc1cccc(CNC(C)C)c1OC1CCCC1. The van der Waals surface area contributed by atoms with Crippen LogP contribution in [0.3, 0.4) is 0 Å². The Morgan fingerprint density at radius 2 is 2.00 bits per heavy atom. The molecule has 1 aromatic rings. The number of methoxy groups -OCH3 is 1. The number of hydrogen-bond donors (Lipinski definition) is 1. The van der Waals surface area contributed by atoms with Gasteiger partial charge in [-0.15, -0.1) is 0 Å². The van der Waals surface area contributed by atoms with Gasteiger partial charge in [-0.1, -0.05) is 26.0 Å². The molecule has 1 saturated carbocycles. The maximum Gasteiger partial charge on any atom is 0.166 e. The summed E-state index contributed by atoms with van der Waals surface area (Å²) < 4.78 is 11.6. The molecule has 2 rings (SSSR count). The van der Waals surface area contributed by atoms with Crippen molar-refractivity contribution in [3.05, 3.63) is 23.8 Å². The lowest BCUT2D eigenvalue weighted by molar-refractivity contribution is 0.198. The number of rotatable bonds is 6. The van der Waals surface area contributed by atoms with Crippen molar-refractivity contribution >= 4 is 0 Å². The summed E-state index contributed by atoms with van der Waals surface area (Å²) in [6, 6.07) is 6.58. The Labute approximate surface area is 116 Å². The quantitative estimate of drug-likeness (QED) is 0.852. The third-order valence-electron chi connectivity index (χ3n) is 3.57. The van der Waals surface area contributed by atoms with Gasteiger partial charge in [-0.05, 0) is 31.7 Å². The largest absolute Gasteiger partial charge is 0.493 e. The normalized spacial score (nSPS) is 16.0. The van der Waals surface area contributed by atoms with E-state index in [1.165, 1.54) is 18.4 Å². The van der Waals surface area contributed by atoms with Gasteiger partial charge in [-0.25, -0.2) is 0 Å². The molecule has 106 valence electrons. The van der Waals surface area contributed by atoms with Crippen molar-refractivity contribution in [3.8, 4) is 11.5 Å². The van der Waals surface area contributed by atoms with Gasteiger partial charge in [0.05, 0.1) is 13.2 Å². The van der Waals surface area contributed by atoms with Crippen LogP contribution in [0.1, 0.15) is 45.1 Å². The predicted octanol–water partition coefficient (Wildman–Crippen LogP) is 3.51. The molecule has 1 aliphatic carbocycles. The summed E-state index contributed by atoms with van der Waals surface area (Å²) in [6.45, 7) is 5.12. The van der Waals surface area contributed by atoms with Crippen LogP contribution in [-0.2, 0) is 6.54 Å². The van der Waals surface area contributed by atoms with Gasteiger partial charge in [-0.3, -0.25) is 0 Å². The topological polar surface area (TPSA) is 30.5 Å². The van der Waals surface area contributed by atoms with Gasteiger partial charge in [0.2, 0.25) is 0 Å². The molecule has 0 amide bonds. The molecule has 1 fully saturated rings. The van der Waals surface area contributed by atoms with E-state index >= 15 is 0 Å². The van der Waals surface area contributed by atoms with E-state index in [1.54, 1.807) is 7.11 Å². The first-order valence-corrected chi connectivity index (χ1v) is 7.26. The minimum absolute atomic E-state index is 0.356. The Hall–Kier alpha value is -1.22. The highest BCUT2D eigenvalue weighted by molar-refractivity contribution is 5.46. The van der Waals surface area contributed by atoms with Crippen LogP contribution in [0.25, 0.3) is 0 Å². The lowest BCUT2D eigenvalue weighted by Gasteiger charge is -2.20. The third kappa shape index (κ3) is 3.87. The summed E-state index contributed by atoms with van der Waals surface area (Å²) in [5.74, 6) is 1.76. The van der Waals surface area contributed by atoms with E-state index in [-0.39, 0.29) is 0 Å². The Morgan fingerprint density at radius 1 is 1.26 bits per heavy atom. The van der Waals surface area contributed by atoms with Crippen LogP contribution in [-0.4, -0.2) is 19.3 Å². The molecule has 0 bridgehead atoms. The van der Waals surface area contributed by atoms with E-state index < -0.39 is 0 Å². The average Bonchev–Trinajstić information content (AvgIpc) is 2.90. The van der Waals surface area contributed by atoms with Crippen LogP contribution in [0.5, 0.6) is 11.5 Å². The number of hydrogen-bond acceptors (Lipinski definition) is 3. The van der Waals surface area contributed by atoms with E-state index in [0.29, 0.717) is 12.1 Å². The lowest BCUT2D eigenvalue weighted by Crippen LogP contribution is -2.23. The predicted molar refractivity (Wildman–Crippen MR) is 77.9 cm³/mol. The van der Waals surface area contributed by atoms with Crippen LogP contribution in [0.15, 0.2) is 18.2 Å². The molecule has 0 aliphatic heterocycles. The second kappa shape index (κ2) is 6.80. The lowest BCUT2D eigenvalue weighted by atomic mass is 10.1. The molecule has 3 heteroatoms. The average molecular weight is 263 g/mol. The first-order valence-electron chi connectivity index (χ1n) is 7.26. The smallest absolute Gasteiger partial charge is 0.166 e. The molecule has 0 atom stereocenters. The first-order chi connectivity index (χ1) is 9.20. The zero-order valence-electron chi connectivity index (χ0n) is 12.2. The molecule has 19 heavy (non-hydrogen) atoms. The molecule has 0 saturated heterocycles. The van der Waals surface area contributed by atoms with E-state index in [0.717, 1.165) is 30.9 Å². The minimum Gasteiger partial charge on any atom is -0.493 e. The van der Waals surface area contributed by atoms with Gasteiger partial charge in [0.25, 0.3) is 0 Å². The van der Waals surface area contributed by atoms with Crippen molar-refractivity contribution < 1.29 is 9.47 Å². The van der Waals surface area contributed by atoms with Crippen LogP contribution in [0.2, 0.25) is 0 Å². The summed E-state index contributed by atoms with van der Waals surface area (Å²) in [5.41, 5.74) is 1.18. The minimum atomic E-state index is 0.356. The molecule has 1 N–H and O–H groups in total. The van der Waals surface area contributed by atoms with Crippen molar-refractivity contribution in [2.24, 2.45) is 0 Å². The standard InChI is InChI=1S/C16H25NO2/c1-12(2)17-11-13-7-6-10-15(18-3)16(13)19-14-8-4-5-9-14/h6-7,10,12,14,17H,4-5,8-9,11H2,1-3H3. The zero-order chi connectivity index (χ0) is 13.7. The van der Waals surface area contributed by atoms with E-state index in [9.17, 15) is 0 Å². The zero-order valence-corrected chi connectivity index (χ0v) is 12.2. The summed E-state index contributed by atoms with van der Waals surface area (Å²) in [4.78, 5) is 0. The number of nitrogens with one attached hydrogen (secondary N) is 1. The van der Waals surface area contributed by atoms with Crippen molar-refractivity contribution in [1.29, 1.82) is 0 Å². The molecular weight excluding hydrogens is 238 g/mol. The highest BCUT2D eigenvalue weighted by Crippen LogP contribution is 2.34. The van der Waals surface area contributed by atoms with Crippen molar-refractivity contribution in [3.63, 3.8) is 0 Å². The van der Waals surface area contributed by atoms with Crippen molar-refractivity contribution in [2.45, 2.75) is 58.2 Å². The number of ether oxygens (including phenoxy) is 2. The van der Waals surface area contributed by atoms with Gasteiger partial charge in [0.1, 0.15) is 0 Å². The molecule has 0 aromatic heterocycles.